The third-order valence-electron chi connectivity index (χ3n) is 2.15. The molecule has 0 aromatic carbocycles. The number of methoxy groups -OCH3 is 1. The highest BCUT2D eigenvalue weighted by atomic mass is 16.6. The summed E-state index contributed by atoms with van der Waals surface area (Å²) in [5.41, 5.74) is -0.336. The van der Waals surface area contributed by atoms with Crippen molar-refractivity contribution in [2.24, 2.45) is 0 Å². The molecule has 0 atom stereocenters. The van der Waals surface area contributed by atoms with E-state index in [1.165, 1.54) is 13.4 Å². The van der Waals surface area contributed by atoms with Gasteiger partial charge in [0, 0.05) is 13.1 Å². The summed E-state index contributed by atoms with van der Waals surface area (Å²) in [6.45, 7) is 1.31. The highest BCUT2D eigenvalue weighted by Gasteiger charge is 2.29. The molecule has 1 N–H and O–H groups in total. The number of hydrogen-bond donors (Lipinski definition) is 1. The van der Waals surface area contributed by atoms with Crippen LogP contribution in [0, 0.1) is 10.1 Å². The molecule has 1 aromatic heterocycles. The molecule has 0 bridgehead atoms. The molecule has 1 aliphatic heterocycles. The predicted molar refractivity (Wildman–Crippen MR) is 52.5 cm³/mol. The first-order valence-corrected chi connectivity index (χ1v) is 4.63. The van der Waals surface area contributed by atoms with E-state index in [4.69, 9.17) is 9.47 Å². The molecule has 0 aliphatic carbocycles. The Balaban J connectivity index is 2.30. The fourth-order valence-electron chi connectivity index (χ4n) is 1.24. The van der Waals surface area contributed by atoms with Gasteiger partial charge in [-0.15, -0.1) is 0 Å². The smallest absolute Gasteiger partial charge is 0.392 e. The Kier molecular flexibility index (Phi) is 2.82. The molecule has 0 amide bonds. The van der Waals surface area contributed by atoms with Crippen LogP contribution >= 0.6 is 0 Å². The number of nitro groups is 1. The number of aromatic nitrogens is 2. The highest BCUT2D eigenvalue weighted by molar-refractivity contribution is 5.49. The molecule has 0 spiro atoms. The predicted octanol–water partition coefficient (Wildman–Crippen LogP) is -0.256. The number of nitrogens with one attached hydrogen (secondary N) is 1. The molecule has 1 aromatic rings. The van der Waals surface area contributed by atoms with Gasteiger partial charge < -0.3 is 14.8 Å². The summed E-state index contributed by atoms with van der Waals surface area (Å²) in [4.78, 5) is 17.6. The standard InChI is InChI=1S/C8H10N4O4/c1-15-7-6(12(13)14)8(11-4-10-7)16-5-2-9-3-5/h4-5,9H,2-3H2,1H3. The summed E-state index contributed by atoms with van der Waals surface area (Å²) >= 11 is 0. The average Bonchev–Trinajstić information content (AvgIpc) is 2.22. The van der Waals surface area contributed by atoms with Crippen LogP contribution in [0.2, 0.25) is 0 Å². The second-order valence-corrected chi connectivity index (χ2v) is 3.19. The minimum absolute atomic E-state index is 0.0525. The summed E-state index contributed by atoms with van der Waals surface area (Å²) in [6.07, 6.45) is 1.09. The van der Waals surface area contributed by atoms with Crippen LogP contribution in [0.25, 0.3) is 0 Å². The van der Waals surface area contributed by atoms with Crippen molar-refractivity contribution < 1.29 is 14.4 Å². The number of ether oxygens (including phenoxy) is 2. The summed E-state index contributed by atoms with van der Waals surface area (Å²) in [7, 11) is 1.31. The monoisotopic (exact) mass is 226 g/mol. The minimum atomic E-state index is -0.611. The minimum Gasteiger partial charge on any atom is -0.476 e. The molecule has 1 saturated heterocycles. The van der Waals surface area contributed by atoms with Gasteiger partial charge in [0.05, 0.1) is 12.0 Å². The van der Waals surface area contributed by atoms with E-state index in [1.54, 1.807) is 0 Å². The Labute approximate surface area is 90.8 Å². The van der Waals surface area contributed by atoms with Crippen LogP contribution in [0.5, 0.6) is 11.8 Å². The van der Waals surface area contributed by atoms with Crippen LogP contribution in [0.15, 0.2) is 6.33 Å². The van der Waals surface area contributed by atoms with E-state index in [0.29, 0.717) is 13.1 Å². The Hall–Kier alpha value is -1.96. The summed E-state index contributed by atoms with van der Waals surface area (Å²) in [5, 5.41) is 13.8. The van der Waals surface area contributed by atoms with Crippen molar-refractivity contribution in [2.75, 3.05) is 20.2 Å². The lowest BCUT2D eigenvalue weighted by Crippen LogP contribution is -2.50. The van der Waals surface area contributed by atoms with E-state index >= 15 is 0 Å². The van der Waals surface area contributed by atoms with Gasteiger partial charge in [-0.05, 0) is 0 Å². The zero-order valence-corrected chi connectivity index (χ0v) is 8.54. The van der Waals surface area contributed by atoms with Crippen LogP contribution in [-0.4, -0.2) is 41.2 Å². The van der Waals surface area contributed by atoms with Crippen LogP contribution in [0.3, 0.4) is 0 Å². The number of rotatable bonds is 4. The van der Waals surface area contributed by atoms with Crippen molar-refractivity contribution >= 4 is 5.69 Å². The highest BCUT2D eigenvalue weighted by Crippen LogP contribution is 2.32. The van der Waals surface area contributed by atoms with Crippen LogP contribution in [0.4, 0.5) is 5.69 Å². The summed E-state index contributed by atoms with van der Waals surface area (Å²) in [5.74, 6) is -0.148. The molecule has 8 nitrogen and oxygen atoms in total. The van der Waals surface area contributed by atoms with Crippen molar-refractivity contribution in [3.63, 3.8) is 0 Å². The molecular formula is C8H10N4O4. The van der Waals surface area contributed by atoms with E-state index in [1.807, 2.05) is 0 Å². The van der Waals surface area contributed by atoms with Crippen molar-refractivity contribution in [2.45, 2.75) is 6.10 Å². The maximum Gasteiger partial charge on any atom is 0.392 e. The molecule has 2 rings (SSSR count). The van der Waals surface area contributed by atoms with Gasteiger partial charge >= 0.3 is 17.4 Å². The lowest BCUT2D eigenvalue weighted by molar-refractivity contribution is -0.387. The molecule has 8 heteroatoms. The summed E-state index contributed by atoms with van der Waals surface area (Å²) < 4.78 is 10.1. The Bertz CT molecular complexity index is 407. The Morgan fingerprint density at radius 3 is 2.69 bits per heavy atom. The fourth-order valence-corrected chi connectivity index (χ4v) is 1.24. The van der Waals surface area contributed by atoms with Crippen molar-refractivity contribution in [3.8, 4) is 11.8 Å². The molecule has 1 aliphatic rings. The van der Waals surface area contributed by atoms with Crippen molar-refractivity contribution in [1.29, 1.82) is 0 Å². The molecular weight excluding hydrogens is 216 g/mol. The third kappa shape index (κ3) is 1.87. The van der Waals surface area contributed by atoms with Gasteiger partial charge in [-0.1, -0.05) is 0 Å². The van der Waals surface area contributed by atoms with E-state index in [2.05, 4.69) is 15.3 Å². The average molecular weight is 226 g/mol. The molecule has 0 radical (unpaired) electrons. The zero-order chi connectivity index (χ0) is 11.5. The Morgan fingerprint density at radius 1 is 1.50 bits per heavy atom. The van der Waals surface area contributed by atoms with Crippen molar-refractivity contribution in [3.05, 3.63) is 16.4 Å². The quantitative estimate of drug-likeness (QED) is 0.557. The molecule has 2 heterocycles. The van der Waals surface area contributed by atoms with Gasteiger partial charge in [-0.25, -0.2) is 0 Å². The number of nitrogens with zero attached hydrogens (tertiary/aromatic N) is 3. The van der Waals surface area contributed by atoms with E-state index in [0.717, 1.165) is 0 Å². The lowest BCUT2D eigenvalue weighted by Gasteiger charge is -2.26. The van der Waals surface area contributed by atoms with Gasteiger partial charge in [-0.3, -0.25) is 10.1 Å². The largest absolute Gasteiger partial charge is 0.476 e. The molecule has 0 unspecified atom stereocenters. The first-order valence-electron chi connectivity index (χ1n) is 4.63. The van der Waals surface area contributed by atoms with Gasteiger partial charge in [0.2, 0.25) is 0 Å². The van der Waals surface area contributed by atoms with Crippen LogP contribution < -0.4 is 14.8 Å². The van der Waals surface area contributed by atoms with Crippen LogP contribution in [0.1, 0.15) is 0 Å². The second kappa shape index (κ2) is 4.27. The molecule has 0 saturated carbocycles. The SMILES string of the molecule is COc1ncnc(OC2CNC2)c1[N+](=O)[O-]. The number of hydrogen-bond acceptors (Lipinski definition) is 7. The van der Waals surface area contributed by atoms with Gasteiger partial charge in [0.25, 0.3) is 0 Å². The maximum absolute atomic E-state index is 10.8. The zero-order valence-electron chi connectivity index (χ0n) is 8.54. The third-order valence-corrected chi connectivity index (χ3v) is 2.15. The van der Waals surface area contributed by atoms with Crippen LogP contribution in [-0.2, 0) is 0 Å². The van der Waals surface area contributed by atoms with E-state index in [-0.39, 0.29) is 23.6 Å². The Morgan fingerprint density at radius 2 is 2.19 bits per heavy atom. The fraction of sp³-hybridized carbons (Fsp3) is 0.500. The first-order chi connectivity index (χ1) is 7.72. The molecule has 86 valence electrons. The first kappa shape index (κ1) is 10.6. The molecule has 1 fully saturated rings. The lowest BCUT2D eigenvalue weighted by atomic mass is 10.2. The van der Waals surface area contributed by atoms with Crippen molar-refractivity contribution in [1.82, 2.24) is 15.3 Å². The summed E-state index contributed by atoms with van der Waals surface area (Å²) in [6, 6.07) is 0. The van der Waals surface area contributed by atoms with Gasteiger partial charge in [-0.2, -0.15) is 9.97 Å². The topological polar surface area (TPSA) is 99.4 Å². The molecule has 16 heavy (non-hydrogen) atoms. The van der Waals surface area contributed by atoms with Gasteiger partial charge in [0.15, 0.2) is 0 Å². The maximum atomic E-state index is 10.8. The van der Waals surface area contributed by atoms with Gasteiger partial charge in [0.1, 0.15) is 12.4 Å². The van der Waals surface area contributed by atoms with E-state index in [9.17, 15) is 10.1 Å². The van der Waals surface area contributed by atoms with E-state index < -0.39 is 4.92 Å². The second-order valence-electron chi connectivity index (χ2n) is 3.19. The normalized spacial score (nSPS) is 15.3.